The molecular weight excluding hydrogens is 406 g/mol. The Bertz CT molecular complexity index is 1110. The summed E-state index contributed by atoms with van der Waals surface area (Å²) in [4.78, 5) is 22.4. The molecule has 4 heteroatoms. The third-order valence-corrected chi connectivity index (χ3v) is 6.99. The molecule has 3 aromatic rings. The quantitative estimate of drug-likeness (QED) is 0.522. The van der Waals surface area contributed by atoms with Crippen molar-refractivity contribution in [2.24, 2.45) is 5.41 Å². The molecule has 1 saturated heterocycles. The number of amides is 1. The second-order valence-corrected chi connectivity index (χ2v) is 9.68. The Kier molecular flexibility index (Phi) is 6.94. The van der Waals surface area contributed by atoms with Crippen LogP contribution in [0.5, 0.6) is 0 Å². The zero-order valence-electron chi connectivity index (χ0n) is 20.3. The summed E-state index contributed by atoms with van der Waals surface area (Å²) >= 11 is 0. The van der Waals surface area contributed by atoms with Crippen LogP contribution in [0.4, 0.5) is 0 Å². The van der Waals surface area contributed by atoms with Crippen LogP contribution in [0.1, 0.15) is 35.4 Å². The van der Waals surface area contributed by atoms with Gasteiger partial charge in [-0.05, 0) is 80.6 Å². The number of pyridine rings is 1. The third-order valence-electron chi connectivity index (χ3n) is 6.99. The first-order chi connectivity index (χ1) is 15.9. The summed E-state index contributed by atoms with van der Waals surface area (Å²) in [6.45, 7) is 6.84. The van der Waals surface area contributed by atoms with E-state index in [0.29, 0.717) is 0 Å². The van der Waals surface area contributed by atoms with E-state index in [1.807, 2.05) is 27.1 Å². The van der Waals surface area contributed by atoms with Crippen molar-refractivity contribution in [1.29, 1.82) is 0 Å². The van der Waals surface area contributed by atoms with Gasteiger partial charge in [0.2, 0.25) is 5.91 Å². The lowest BCUT2D eigenvalue weighted by atomic mass is 9.71. The first-order valence-electron chi connectivity index (χ1n) is 11.9. The summed E-state index contributed by atoms with van der Waals surface area (Å²) in [5.74, 6) is 0.246. The number of carbonyl (C=O) groups is 1. The van der Waals surface area contributed by atoms with E-state index in [1.165, 1.54) is 22.3 Å². The first kappa shape index (κ1) is 23.2. The molecule has 1 aliphatic heterocycles. The smallest absolute Gasteiger partial charge is 0.228 e. The van der Waals surface area contributed by atoms with Gasteiger partial charge in [-0.15, -0.1) is 0 Å². The van der Waals surface area contributed by atoms with E-state index in [2.05, 4.69) is 77.5 Å². The lowest BCUT2D eigenvalue weighted by molar-refractivity contribution is -0.142. The molecule has 172 valence electrons. The maximum absolute atomic E-state index is 13.5. The molecule has 0 unspecified atom stereocenters. The number of piperidine rings is 1. The van der Waals surface area contributed by atoms with Crippen molar-refractivity contribution in [2.45, 2.75) is 39.7 Å². The summed E-state index contributed by atoms with van der Waals surface area (Å²) in [7, 11) is 3.78. The number of hydrogen-bond donors (Lipinski definition) is 0. The predicted octanol–water partition coefficient (Wildman–Crippen LogP) is 5.28. The van der Waals surface area contributed by atoms with Crippen LogP contribution in [-0.4, -0.2) is 47.9 Å². The maximum Gasteiger partial charge on any atom is 0.228 e. The van der Waals surface area contributed by atoms with Gasteiger partial charge in [0.1, 0.15) is 0 Å². The number of aryl methyl sites for hydroxylation is 2. The summed E-state index contributed by atoms with van der Waals surface area (Å²) < 4.78 is 0. The van der Waals surface area contributed by atoms with E-state index in [4.69, 9.17) is 0 Å². The minimum Gasteiger partial charge on any atom is -0.348 e. The average Bonchev–Trinajstić information content (AvgIpc) is 2.81. The van der Waals surface area contributed by atoms with Crippen molar-refractivity contribution in [3.63, 3.8) is 0 Å². The highest BCUT2D eigenvalue weighted by atomic mass is 16.2. The Morgan fingerprint density at radius 2 is 1.58 bits per heavy atom. The number of hydrogen-bond acceptors (Lipinski definition) is 3. The lowest BCUT2D eigenvalue weighted by Crippen LogP contribution is -2.49. The van der Waals surface area contributed by atoms with E-state index < -0.39 is 0 Å². The van der Waals surface area contributed by atoms with Crippen LogP contribution in [0.2, 0.25) is 0 Å². The Labute approximate surface area is 198 Å². The second kappa shape index (κ2) is 9.88. The third kappa shape index (κ3) is 5.17. The number of benzene rings is 2. The highest BCUT2D eigenvalue weighted by molar-refractivity contribution is 5.83. The zero-order chi connectivity index (χ0) is 23.4. The number of rotatable bonds is 6. The molecule has 4 nitrogen and oxygen atoms in total. The molecule has 0 radical (unpaired) electrons. The van der Waals surface area contributed by atoms with Crippen LogP contribution in [0.3, 0.4) is 0 Å². The summed E-state index contributed by atoms with van der Waals surface area (Å²) in [5, 5.41) is 0. The van der Waals surface area contributed by atoms with Crippen molar-refractivity contribution in [2.75, 3.05) is 27.2 Å². The summed E-state index contributed by atoms with van der Waals surface area (Å²) in [6.07, 6.45) is 2.49. The summed E-state index contributed by atoms with van der Waals surface area (Å²) in [5.41, 5.74) is 6.80. The first-order valence-corrected chi connectivity index (χ1v) is 11.9. The van der Waals surface area contributed by atoms with Crippen molar-refractivity contribution < 1.29 is 4.79 Å². The molecule has 0 aliphatic carbocycles. The predicted molar refractivity (Wildman–Crippen MR) is 135 cm³/mol. The second-order valence-electron chi connectivity index (χ2n) is 9.68. The molecule has 2 aromatic carbocycles. The molecule has 1 fully saturated rings. The Balaban J connectivity index is 1.59. The van der Waals surface area contributed by atoms with E-state index in [9.17, 15) is 4.79 Å². The molecule has 33 heavy (non-hydrogen) atoms. The van der Waals surface area contributed by atoms with Crippen LogP contribution < -0.4 is 0 Å². The van der Waals surface area contributed by atoms with Crippen LogP contribution in [0.15, 0.2) is 66.7 Å². The van der Waals surface area contributed by atoms with E-state index in [0.717, 1.165) is 50.3 Å². The van der Waals surface area contributed by atoms with Gasteiger partial charge in [-0.1, -0.05) is 54.6 Å². The fourth-order valence-corrected chi connectivity index (χ4v) is 5.17. The molecule has 0 N–H and O–H groups in total. The minimum absolute atomic E-state index is 0.246. The zero-order valence-corrected chi connectivity index (χ0v) is 20.3. The largest absolute Gasteiger partial charge is 0.348 e. The number of nitrogens with zero attached hydrogens (tertiary/aromatic N) is 3. The Morgan fingerprint density at radius 3 is 2.24 bits per heavy atom. The van der Waals surface area contributed by atoms with Gasteiger partial charge in [0.15, 0.2) is 0 Å². The number of aromatic nitrogens is 1. The van der Waals surface area contributed by atoms with E-state index in [-0.39, 0.29) is 11.3 Å². The van der Waals surface area contributed by atoms with E-state index >= 15 is 0 Å². The van der Waals surface area contributed by atoms with Gasteiger partial charge in [-0.3, -0.25) is 14.7 Å². The standard InChI is InChI=1S/C29H35N3O/c1-22-10-5-7-14-26(22)27-15-8-6-12-24(27)20-29(28(33)31(3)4)16-18-32(19-17-29)21-25-13-9-11-23(2)30-25/h5-15H,16-21H2,1-4H3. The van der Waals surface area contributed by atoms with Crippen LogP contribution in [0, 0.1) is 19.3 Å². The fraction of sp³-hybridized carbons (Fsp3) is 0.379. The van der Waals surface area contributed by atoms with Crippen LogP contribution in [0.25, 0.3) is 11.1 Å². The van der Waals surface area contributed by atoms with Crippen molar-refractivity contribution >= 4 is 5.91 Å². The molecular formula is C29H35N3O. The van der Waals surface area contributed by atoms with E-state index in [1.54, 1.807) is 4.90 Å². The molecule has 1 aromatic heterocycles. The van der Waals surface area contributed by atoms with Gasteiger partial charge in [-0.2, -0.15) is 0 Å². The van der Waals surface area contributed by atoms with Crippen molar-refractivity contribution in [3.8, 4) is 11.1 Å². The van der Waals surface area contributed by atoms with Crippen LogP contribution in [-0.2, 0) is 17.8 Å². The average molecular weight is 442 g/mol. The molecule has 4 rings (SSSR count). The minimum atomic E-state index is -0.376. The summed E-state index contributed by atoms with van der Waals surface area (Å²) in [6, 6.07) is 23.3. The number of likely N-dealkylation sites (tertiary alicyclic amines) is 1. The highest BCUT2D eigenvalue weighted by Gasteiger charge is 2.42. The molecule has 0 atom stereocenters. The van der Waals surface area contributed by atoms with Gasteiger partial charge >= 0.3 is 0 Å². The normalized spacial score (nSPS) is 15.9. The molecule has 2 heterocycles. The van der Waals surface area contributed by atoms with Crippen molar-refractivity contribution in [3.05, 3.63) is 89.2 Å². The van der Waals surface area contributed by atoms with Gasteiger partial charge in [0, 0.05) is 26.3 Å². The molecule has 1 amide bonds. The molecule has 0 spiro atoms. The molecule has 1 aliphatic rings. The topological polar surface area (TPSA) is 36.4 Å². The fourth-order valence-electron chi connectivity index (χ4n) is 5.17. The lowest BCUT2D eigenvalue weighted by Gasteiger charge is -2.42. The van der Waals surface area contributed by atoms with Gasteiger partial charge in [-0.25, -0.2) is 0 Å². The molecule has 0 saturated carbocycles. The highest BCUT2D eigenvalue weighted by Crippen LogP contribution is 2.40. The SMILES string of the molecule is Cc1cccc(CN2CCC(Cc3ccccc3-c3ccccc3C)(C(=O)N(C)C)CC2)n1. The Hall–Kier alpha value is -2.98. The number of carbonyl (C=O) groups excluding carboxylic acids is 1. The van der Waals surface area contributed by atoms with Gasteiger partial charge in [0.25, 0.3) is 0 Å². The van der Waals surface area contributed by atoms with Crippen molar-refractivity contribution in [1.82, 2.24) is 14.8 Å². The maximum atomic E-state index is 13.5. The molecule has 0 bridgehead atoms. The van der Waals surface area contributed by atoms with Crippen LogP contribution >= 0.6 is 0 Å². The van der Waals surface area contributed by atoms with Gasteiger partial charge < -0.3 is 4.90 Å². The monoisotopic (exact) mass is 441 g/mol. The Morgan fingerprint density at radius 1 is 0.909 bits per heavy atom. The van der Waals surface area contributed by atoms with Gasteiger partial charge in [0.05, 0.1) is 11.1 Å².